The van der Waals surface area contributed by atoms with Crippen LogP contribution in [0, 0.1) is 6.92 Å². The number of methoxy groups -OCH3 is 1. The van der Waals surface area contributed by atoms with Gasteiger partial charge >= 0.3 is 5.97 Å². The van der Waals surface area contributed by atoms with Gasteiger partial charge < -0.3 is 9.47 Å². The molecule has 0 N–H and O–H groups in total. The maximum Gasteiger partial charge on any atom is 0.343 e. The van der Waals surface area contributed by atoms with Crippen molar-refractivity contribution in [2.24, 2.45) is 0 Å². The van der Waals surface area contributed by atoms with Crippen molar-refractivity contribution >= 4 is 17.7 Å². The highest BCUT2D eigenvalue weighted by Crippen LogP contribution is 2.21. The summed E-state index contributed by atoms with van der Waals surface area (Å²) in [6, 6.07) is 11.8. The molecule has 0 atom stereocenters. The van der Waals surface area contributed by atoms with E-state index in [2.05, 4.69) is 26.8 Å². The molecule has 0 radical (unpaired) electrons. The number of ether oxygens (including phenoxy) is 2. The molecule has 110 valence electrons. The number of aryl methyl sites for hydroxylation is 1. The summed E-state index contributed by atoms with van der Waals surface area (Å²) in [5.74, 6) is 0.717. The minimum atomic E-state index is -0.440. The standard InChI is InChI=1S/C15H16N2O3S/c1-11-8-13(20-9-14(18)19-2)17-15(16-11)21-10-12-6-4-3-5-7-12/h3-8H,9-10H2,1-2H3. The lowest BCUT2D eigenvalue weighted by atomic mass is 10.2. The number of rotatable bonds is 6. The van der Waals surface area contributed by atoms with Gasteiger partial charge in [-0.25, -0.2) is 9.78 Å². The number of aromatic nitrogens is 2. The van der Waals surface area contributed by atoms with Crippen molar-refractivity contribution in [1.29, 1.82) is 0 Å². The van der Waals surface area contributed by atoms with Crippen molar-refractivity contribution in [3.05, 3.63) is 47.7 Å². The largest absolute Gasteiger partial charge is 0.466 e. The van der Waals surface area contributed by atoms with Gasteiger partial charge in [0, 0.05) is 17.5 Å². The van der Waals surface area contributed by atoms with E-state index in [-0.39, 0.29) is 6.61 Å². The molecule has 0 saturated heterocycles. The molecular formula is C15H16N2O3S. The molecule has 0 saturated carbocycles. The van der Waals surface area contributed by atoms with E-state index in [4.69, 9.17) is 4.74 Å². The summed E-state index contributed by atoms with van der Waals surface area (Å²) in [6.45, 7) is 1.70. The van der Waals surface area contributed by atoms with E-state index in [0.29, 0.717) is 11.0 Å². The predicted molar refractivity (Wildman–Crippen MR) is 80.3 cm³/mol. The lowest BCUT2D eigenvalue weighted by Gasteiger charge is -2.07. The quantitative estimate of drug-likeness (QED) is 0.464. The fraction of sp³-hybridized carbons (Fsp3) is 0.267. The van der Waals surface area contributed by atoms with E-state index in [1.807, 2.05) is 25.1 Å². The topological polar surface area (TPSA) is 61.3 Å². The third-order valence-electron chi connectivity index (χ3n) is 2.59. The fourth-order valence-electron chi connectivity index (χ4n) is 1.57. The Balaban J connectivity index is 1.99. The number of esters is 1. The van der Waals surface area contributed by atoms with Crippen molar-refractivity contribution in [2.75, 3.05) is 13.7 Å². The first-order valence-electron chi connectivity index (χ1n) is 6.39. The lowest BCUT2D eigenvalue weighted by Crippen LogP contribution is -2.13. The molecule has 0 aliphatic rings. The van der Waals surface area contributed by atoms with Crippen LogP contribution in [-0.4, -0.2) is 29.7 Å². The van der Waals surface area contributed by atoms with Crippen LogP contribution in [0.1, 0.15) is 11.3 Å². The molecular weight excluding hydrogens is 288 g/mol. The second-order valence-electron chi connectivity index (χ2n) is 4.27. The van der Waals surface area contributed by atoms with Gasteiger partial charge in [0.25, 0.3) is 0 Å². The number of nitrogens with zero attached hydrogens (tertiary/aromatic N) is 2. The highest BCUT2D eigenvalue weighted by molar-refractivity contribution is 7.98. The van der Waals surface area contributed by atoms with E-state index < -0.39 is 5.97 Å². The van der Waals surface area contributed by atoms with Gasteiger partial charge in [-0.2, -0.15) is 4.98 Å². The van der Waals surface area contributed by atoms with Gasteiger partial charge in [0.05, 0.1) is 7.11 Å². The van der Waals surface area contributed by atoms with Crippen molar-refractivity contribution in [1.82, 2.24) is 9.97 Å². The number of hydrogen-bond acceptors (Lipinski definition) is 6. The first-order valence-corrected chi connectivity index (χ1v) is 7.38. The molecule has 0 fully saturated rings. The summed E-state index contributed by atoms with van der Waals surface area (Å²) < 4.78 is 9.82. The summed E-state index contributed by atoms with van der Waals surface area (Å²) in [5.41, 5.74) is 1.99. The minimum absolute atomic E-state index is 0.157. The van der Waals surface area contributed by atoms with Gasteiger partial charge in [0.15, 0.2) is 11.8 Å². The maximum absolute atomic E-state index is 11.1. The smallest absolute Gasteiger partial charge is 0.343 e. The molecule has 0 spiro atoms. The van der Waals surface area contributed by atoms with E-state index in [1.54, 1.807) is 6.07 Å². The molecule has 0 aliphatic carbocycles. The minimum Gasteiger partial charge on any atom is -0.466 e. The van der Waals surface area contributed by atoms with Crippen LogP contribution in [0.25, 0.3) is 0 Å². The van der Waals surface area contributed by atoms with Crippen molar-refractivity contribution < 1.29 is 14.3 Å². The first-order chi connectivity index (χ1) is 10.2. The number of carbonyl (C=O) groups excluding carboxylic acids is 1. The molecule has 21 heavy (non-hydrogen) atoms. The Bertz CT molecular complexity index is 605. The van der Waals surface area contributed by atoms with Crippen LogP contribution in [0.5, 0.6) is 5.88 Å². The molecule has 1 heterocycles. The normalized spacial score (nSPS) is 10.2. The number of thioether (sulfide) groups is 1. The van der Waals surface area contributed by atoms with Crippen LogP contribution in [-0.2, 0) is 15.3 Å². The van der Waals surface area contributed by atoms with Gasteiger partial charge in [-0.3, -0.25) is 0 Å². The Kier molecular flexibility index (Phi) is 5.57. The van der Waals surface area contributed by atoms with Crippen LogP contribution in [0.15, 0.2) is 41.6 Å². The zero-order valence-corrected chi connectivity index (χ0v) is 12.7. The van der Waals surface area contributed by atoms with Crippen LogP contribution in [0.2, 0.25) is 0 Å². The summed E-state index contributed by atoms with van der Waals surface area (Å²) in [7, 11) is 1.32. The third kappa shape index (κ3) is 5.07. The molecule has 0 bridgehead atoms. The lowest BCUT2D eigenvalue weighted by molar-refractivity contribution is -0.143. The monoisotopic (exact) mass is 304 g/mol. The van der Waals surface area contributed by atoms with Gasteiger partial charge in [0.1, 0.15) is 0 Å². The summed E-state index contributed by atoms with van der Waals surface area (Å²) in [4.78, 5) is 19.7. The Morgan fingerprint density at radius 2 is 2.00 bits per heavy atom. The Hall–Kier alpha value is -2.08. The van der Waals surface area contributed by atoms with Gasteiger partial charge in [-0.15, -0.1) is 0 Å². The van der Waals surface area contributed by atoms with Crippen LogP contribution in [0.4, 0.5) is 0 Å². The average Bonchev–Trinajstić information content (AvgIpc) is 2.51. The highest BCUT2D eigenvalue weighted by Gasteiger charge is 2.07. The zero-order valence-electron chi connectivity index (χ0n) is 11.9. The van der Waals surface area contributed by atoms with Crippen molar-refractivity contribution in [3.8, 4) is 5.88 Å². The molecule has 6 heteroatoms. The first kappa shape index (κ1) is 15.3. The second kappa shape index (κ2) is 7.64. The number of benzene rings is 1. The van der Waals surface area contributed by atoms with E-state index in [9.17, 15) is 4.79 Å². The number of carbonyl (C=O) groups is 1. The highest BCUT2D eigenvalue weighted by atomic mass is 32.2. The molecule has 5 nitrogen and oxygen atoms in total. The van der Waals surface area contributed by atoms with E-state index in [1.165, 1.54) is 24.4 Å². The summed E-state index contributed by atoms with van der Waals surface area (Å²) in [5, 5.41) is 0.624. The van der Waals surface area contributed by atoms with E-state index >= 15 is 0 Å². The summed E-state index contributed by atoms with van der Waals surface area (Å²) >= 11 is 1.52. The van der Waals surface area contributed by atoms with Gasteiger partial charge in [-0.1, -0.05) is 42.1 Å². The van der Waals surface area contributed by atoms with Crippen LogP contribution in [0.3, 0.4) is 0 Å². The second-order valence-corrected chi connectivity index (χ2v) is 5.21. The molecule has 0 unspecified atom stereocenters. The van der Waals surface area contributed by atoms with Crippen LogP contribution >= 0.6 is 11.8 Å². The molecule has 0 aliphatic heterocycles. The Labute approximate surface area is 127 Å². The molecule has 2 aromatic rings. The van der Waals surface area contributed by atoms with Gasteiger partial charge in [0.2, 0.25) is 5.88 Å². The average molecular weight is 304 g/mol. The van der Waals surface area contributed by atoms with Crippen molar-refractivity contribution in [2.45, 2.75) is 17.8 Å². The molecule has 2 rings (SSSR count). The molecule has 0 amide bonds. The third-order valence-corrected chi connectivity index (χ3v) is 3.50. The predicted octanol–water partition coefficient (Wildman–Crippen LogP) is 2.63. The SMILES string of the molecule is COC(=O)COc1cc(C)nc(SCc2ccccc2)n1. The molecule has 1 aromatic carbocycles. The molecule has 1 aromatic heterocycles. The number of hydrogen-bond donors (Lipinski definition) is 0. The Morgan fingerprint density at radius 3 is 2.71 bits per heavy atom. The van der Waals surface area contributed by atoms with E-state index in [0.717, 1.165) is 11.4 Å². The maximum atomic E-state index is 11.1. The van der Waals surface area contributed by atoms with Crippen molar-refractivity contribution in [3.63, 3.8) is 0 Å². The fourth-order valence-corrected chi connectivity index (χ4v) is 2.42. The van der Waals surface area contributed by atoms with Gasteiger partial charge in [-0.05, 0) is 12.5 Å². The van der Waals surface area contributed by atoms with Crippen LogP contribution < -0.4 is 4.74 Å². The Morgan fingerprint density at radius 1 is 1.24 bits per heavy atom. The zero-order chi connectivity index (χ0) is 15.1. The summed E-state index contributed by atoms with van der Waals surface area (Å²) in [6.07, 6.45) is 0.